The first-order valence-corrected chi connectivity index (χ1v) is 7.69. The Kier molecular flexibility index (Phi) is 5.02. The molecular weight excluding hydrogens is 272 g/mol. The summed E-state index contributed by atoms with van der Waals surface area (Å²) in [5, 5.41) is 0. The zero-order valence-corrected chi connectivity index (χ0v) is 13.8. The van der Waals surface area contributed by atoms with Crippen LogP contribution in [0.5, 0.6) is 5.75 Å². The summed E-state index contributed by atoms with van der Waals surface area (Å²) >= 11 is 0. The van der Waals surface area contributed by atoms with E-state index in [9.17, 15) is 4.79 Å². The van der Waals surface area contributed by atoms with E-state index >= 15 is 0 Å². The monoisotopic (exact) mass is 296 g/mol. The smallest absolute Gasteiger partial charge is 0.130 e. The lowest BCUT2D eigenvalue weighted by Gasteiger charge is -2.26. The van der Waals surface area contributed by atoms with Crippen LogP contribution in [0, 0.1) is 0 Å². The van der Waals surface area contributed by atoms with Crippen molar-refractivity contribution in [2.24, 2.45) is 0 Å². The Balaban J connectivity index is 2.32. The van der Waals surface area contributed by atoms with Crippen molar-refractivity contribution in [1.82, 2.24) is 0 Å². The zero-order chi connectivity index (χ0) is 16.2. The summed E-state index contributed by atoms with van der Waals surface area (Å²) in [5.74, 6) is 1.27. The molecule has 0 fully saturated rings. The van der Waals surface area contributed by atoms with Crippen molar-refractivity contribution in [2.45, 2.75) is 38.5 Å². The third kappa shape index (κ3) is 3.38. The van der Waals surface area contributed by atoms with Gasteiger partial charge in [-0.3, -0.25) is 0 Å². The molecule has 0 aliphatic rings. The number of benzene rings is 2. The van der Waals surface area contributed by atoms with Crippen molar-refractivity contribution in [3.8, 4) is 5.75 Å². The Morgan fingerprint density at radius 1 is 1.09 bits per heavy atom. The minimum atomic E-state index is -0.591. The summed E-state index contributed by atoms with van der Waals surface area (Å²) in [7, 11) is 1.64. The molecule has 0 aliphatic carbocycles. The van der Waals surface area contributed by atoms with Gasteiger partial charge in [-0.15, -0.1) is 0 Å². The third-order valence-electron chi connectivity index (χ3n) is 4.20. The topological polar surface area (TPSA) is 26.3 Å². The predicted octanol–water partition coefficient (Wildman–Crippen LogP) is 4.52. The van der Waals surface area contributed by atoms with Gasteiger partial charge in [-0.05, 0) is 36.5 Å². The van der Waals surface area contributed by atoms with Gasteiger partial charge < -0.3 is 9.53 Å². The molecule has 0 spiro atoms. The molecular formula is C20H24O2. The Morgan fingerprint density at radius 3 is 2.27 bits per heavy atom. The molecule has 2 heteroatoms. The molecule has 0 saturated carbocycles. The van der Waals surface area contributed by atoms with Gasteiger partial charge in [-0.1, -0.05) is 56.3 Å². The summed E-state index contributed by atoms with van der Waals surface area (Å²) in [5.41, 5.74) is 2.81. The van der Waals surface area contributed by atoms with Crippen molar-refractivity contribution >= 4 is 6.29 Å². The highest BCUT2D eigenvalue weighted by Crippen LogP contribution is 2.33. The maximum Gasteiger partial charge on any atom is 0.130 e. The van der Waals surface area contributed by atoms with Crippen LogP contribution in [0.25, 0.3) is 0 Å². The SMILES string of the molecule is COc1ccccc1C(C)(C=O)Cc1ccc(C(C)C)cc1. The van der Waals surface area contributed by atoms with Crippen LogP contribution in [0.2, 0.25) is 0 Å². The Bertz CT molecular complexity index is 628. The molecule has 2 nitrogen and oxygen atoms in total. The predicted molar refractivity (Wildman–Crippen MR) is 90.6 cm³/mol. The van der Waals surface area contributed by atoms with E-state index in [2.05, 4.69) is 38.1 Å². The van der Waals surface area contributed by atoms with Crippen LogP contribution >= 0.6 is 0 Å². The Labute approximate surface area is 133 Å². The highest BCUT2D eigenvalue weighted by Gasteiger charge is 2.29. The summed E-state index contributed by atoms with van der Waals surface area (Å²) in [6.07, 6.45) is 1.69. The van der Waals surface area contributed by atoms with Crippen LogP contribution in [-0.2, 0) is 16.6 Å². The molecule has 2 aromatic carbocycles. The van der Waals surface area contributed by atoms with Crippen LogP contribution < -0.4 is 4.74 Å². The van der Waals surface area contributed by atoms with E-state index in [-0.39, 0.29) is 0 Å². The van der Waals surface area contributed by atoms with Gasteiger partial charge >= 0.3 is 0 Å². The quantitative estimate of drug-likeness (QED) is 0.733. The van der Waals surface area contributed by atoms with Gasteiger partial charge in [-0.2, -0.15) is 0 Å². The molecule has 22 heavy (non-hydrogen) atoms. The van der Waals surface area contributed by atoms with E-state index in [1.165, 1.54) is 5.56 Å². The molecule has 0 saturated heterocycles. The number of hydrogen-bond acceptors (Lipinski definition) is 2. The van der Waals surface area contributed by atoms with Crippen molar-refractivity contribution in [2.75, 3.05) is 7.11 Å². The average Bonchev–Trinajstić information content (AvgIpc) is 2.55. The molecule has 0 aromatic heterocycles. The van der Waals surface area contributed by atoms with Gasteiger partial charge in [0.2, 0.25) is 0 Å². The first-order valence-electron chi connectivity index (χ1n) is 7.69. The van der Waals surface area contributed by atoms with Crippen LogP contribution in [0.3, 0.4) is 0 Å². The molecule has 0 heterocycles. The average molecular weight is 296 g/mol. The lowest BCUT2D eigenvalue weighted by molar-refractivity contribution is -0.112. The van der Waals surface area contributed by atoms with E-state index in [0.29, 0.717) is 12.3 Å². The lowest BCUT2D eigenvalue weighted by atomic mass is 9.78. The fourth-order valence-corrected chi connectivity index (χ4v) is 2.76. The summed E-state index contributed by atoms with van der Waals surface area (Å²) in [6, 6.07) is 16.3. The first-order chi connectivity index (χ1) is 10.5. The second-order valence-corrected chi connectivity index (χ2v) is 6.31. The van der Waals surface area contributed by atoms with E-state index in [1.807, 2.05) is 31.2 Å². The van der Waals surface area contributed by atoms with Crippen LogP contribution in [-0.4, -0.2) is 13.4 Å². The number of carbonyl (C=O) groups excluding carboxylic acids is 1. The molecule has 1 unspecified atom stereocenters. The van der Waals surface area contributed by atoms with Crippen LogP contribution in [0.15, 0.2) is 48.5 Å². The van der Waals surface area contributed by atoms with Gasteiger partial charge in [0, 0.05) is 5.56 Å². The van der Waals surface area contributed by atoms with Gasteiger partial charge in [0.1, 0.15) is 12.0 Å². The number of methoxy groups -OCH3 is 1. The Hall–Kier alpha value is -2.09. The van der Waals surface area contributed by atoms with Crippen LogP contribution in [0.1, 0.15) is 43.4 Å². The van der Waals surface area contributed by atoms with Crippen molar-refractivity contribution < 1.29 is 9.53 Å². The van der Waals surface area contributed by atoms with Gasteiger partial charge in [-0.25, -0.2) is 0 Å². The first kappa shape index (κ1) is 16.3. The second kappa shape index (κ2) is 6.78. The molecule has 2 aromatic rings. The van der Waals surface area contributed by atoms with Gasteiger partial charge in [0.15, 0.2) is 0 Å². The fourth-order valence-electron chi connectivity index (χ4n) is 2.76. The van der Waals surface area contributed by atoms with E-state index in [4.69, 9.17) is 4.74 Å². The standard InChI is InChI=1S/C20H24O2/c1-15(2)17-11-9-16(10-12-17)13-20(3,14-21)18-7-5-6-8-19(18)22-4/h5-12,14-15H,13H2,1-4H3. The number of hydrogen-bond donors (Lipinski definition) is 0. The number of carbonyl (C=O) groups is 1. The van der Waals surface area contributed by atoms with E-state index in [0.717, 1.165) is 23.2 Å². The highest BCUT2D eigenvalue weighted by atomic mass is 16.5. The number of rotatable bonds is 6. The molecule has 0 radical (unpaired) electrons. The Morgan fingerprint density at radius 2 is 1.73 bits per heavy atom. The summed E-state index contributed by atoms with van der Waals surface area (Å²) in [6.45, 7) is 6.33. The zero-order valence-electron chi connectivity index (χ0n) is 13.8. The molecule has 2 rings (SSSR count). The fraction of sp³-hybridized carbons (Fsp3) is 0.350. The van der Waals surface area contributed by atoms with E-state index < -0.39 is 5.41 Å². The van der Waals surface area contributed by atoms with Crippen molar-refractivity contribution in [1.29, 1.82) is 0 Å². The molecule has 0 N–H and O–H groups in total. The lowest BCUT2D eigenvalue weighted by Crippen LogP contribution is -2.27. The molecule has 0 bridgehead atoms. The highest BCUT2D eigenvalue weighted by molar-refractivity contribution is 5.70. The minimum Gasteiger partial charge on any atom is -0.496 e. The maximum atomic E-state index is 11.8. The molecule has 0 aliphatic heterocycles. The van der Waals surface area contributed by atoms with Crippen LogP contribution in [0.4, 0.5) is 0 Å². The molecule has 1 atom stereocenters. The van der Waals surface area contributed by atoms with Crippen molar-refractivity contribution in [3.63, 3.8) is 0 Å². The minimum absolute atomic E-state index is 0.515. The third-order valence-corrected chi connectivity index (χ3v) is 4.20. The van der Waals surface area contributed by atoms with Gasteiger partial charge in [0.25, 0.3) is 0 Å². The normalized spacial score (nSPS) is 13.7. The molecule has 116 valence electrons. The second-order valence-electron chi connectivity index (χ2n) is 6.31. The number of ether oxygens (including phenoxy) is 1. The summed E-state index contributed by atoms with van der Waals surface area (Å²) in [4.78, 5) is 11.8. The number of aldehydes is 1. The maximum absolute atomic E-state index is 11.8. The van der Waals surface area contributed by atoms with Crippen molar-refractivity contribution in [3.05, 3.63) is 65.2 Å². The largest absolute Gasteiger partial charge is 0.496 e. The summed E-state index contributed by atoms with van der Waals surface area (Å²) < 4.78 is 5.42. The van der Waals surface area contributed by atoms with E-state index in [1.54, 1.807) is 7.11 Å². The molecule has 0 amide bonds. The number of para-hydroxylation sites is 1. The van der Waals surface area contributed by atoms with Gasteiger partial charge in [0.05, 0.1) is 12.5 Å².